The van der Waals surface area contributed by atoms with Crippen molar-refractivity contribution in [3.8, 4) is 0 Å². The monoisotopic (exact) mass is 156 g/mol. The van der Waals surface area contributed by atoms with Crippen molar-refractivity contribution in [1.82, 2.24) is 11.1 Å². The van der Waals surface area contributed by atoms with Crippen molar-refractivity contribution in [2.24, 2.45) is 0 Å². The summed E-state index contributed by atoms with van der Waals surface area (Å²) in [5.74, 6) is 0. The molecular weight excluding hydrogens is 140 g/mol. The third kappa shape index (κ3) is 17.9. The molecule has 0 aliphatic rings. The van der Waals surface area contributed by atoms with Gasteiger partial charge in [-0.15, -0.1) is 12.4 Å². The Balaban J connectivity index is -0.000000180. The zero-order chi connectivity index (χ0) is 5.70. The molecule has 4 heteroatoms. The van der Waals surface area contributed by atoms with Gasteiger partial charge in [0.2, 0.25) is 0 Å². The number of rotatable bonds is 3. The van der Waals surface area contributed by atoms with Gasteiger partial charge in [0.25, 0.3) is 0 Å². The number of halogens is 1. The largest absolute Gasteiger partial charge is 0.396 e. The first-order chi connectivity index (χ1) is 3.27. The minimum Gasteiger partial charge on any atom is -0.396 e. The fraction of sp³-hybridized carbons (Fsp3) is 1.00. The normalized spacial score (nSPS) is 8.00. The fourth-order valence-corrected chi connectivity index (χ4v) is 0.387. The second kappa shape index (κ2) is 11.0. The van der Waals surface area contributed by atoms with Crippen LogP contribution in [0.5, 0.6) is 0 Å². The summed E-state index contributed by atoms with van der Waals surface area (Å²) in [4.78, 5) is 2.05. The minimum atomic E-state index is 0. The van der Waals surface area contributed by atoms with Gasteiger partial charge in [-0.3, -0.25) is 0 Å². The molecule has 0 aromatic carbocycles. The summed E-state index contributed by atoms with van der Waals surface area (Å²) in [5, 5.41) is 8.29. The molecule has 0 saturated heterocycles. The van der Waals surface area contributed by atoms with Crippen LogP contribution in [0.1, 0.15) is 6.42 Å². The van der Waals surface area contributed by atoms with Gasteiger partial charge in [0.1, 0.15) is 0 Å². The second-order valence-electron chi connectivity index (χ2n) is 1.88. The van der Waals surface area contributed by atoms with Gasteiger partial charge in [-0.25, -0.2) is 0 Å². The van der Waals surface area contributed by atoms with E-state index < -0.39 is 0 Å². The summed E-state index contributed by atoms with van der Waals surface area (Å²) in [6.07, 6.45) is 0.882. The molecule has 0 aliphatic carbocycles. The lowest BCUT2D eigenvalue weighted by atomic mass is 10.4. The van der Waals surface area contributed by atoms with E-state index in [2.05, 4.69) is 4.90 Å². The highest BCUT2D eigenvalue weighted by atomic mass is 35.5. The molecule has 0 aliphatic heterocycles. The van der Waals surface area contributed by atoms with Gasteiger partial charge in [0.05, 0.1) is 0 Å². The van der Waals surface area contributed by atoms with Crippen LogP contribution in [0.25, 0.3) is 0 Å². The summed E-state index contributed by atoms with van der Waals surface area (Å²) in [6, 6.07) is 0. The smallest absolute Gasteiger partial charge is 0.0443 e. The Morgan fingerprint density at radius 3 is 1.89 bits per heavy atom. The first kappa shape index (κ1) is 16.1. The van der Waals surface area contributed by atoms with E-state index in [-0.39, 0.29) is 18.6 Å². The van der Waals surface area contributed by atoms with E-state index in [1.807, 2.05) is 14.1 Å². The molecule has 60 valence electrons. The average molecular weight is 157 g/mol. The summed E-state index contributed by atoms with van der Waals surface area (Å²) in [6.45, 7) is 1.29. The van der Waals surface area contributed by atoms with E-state index in [1.165, 1.54) is 0 Å². The lowest BCUT2D eigenvalue weighted by Crippen LogP contribution is -2.13. The number of hydrogen-bond acceptors (Lipinski definition) is 3. The fourth-order valence-electron chi connectivity index (χ4n) is 0.387. The molecule has 0 aromatic rings. The highest BCUT2D eigenvalue weighted by Gasteiger charge is 1.84. The Morgan fingerprint density at radius 2 is 1.78 bits per heavy atom. The standard InChI is InChI=1S/C5H13NO.ClH.H3N/c1-6(2)4-3-5-7;;/h7H,3-5H2,1-2H3;1H;1H3. The lowest BCUT2D eigenvalue weighted by Gasteiger charge is -2.05. The molecule has 0 aromatic heterocycles. The van der Waals surface area contributed by atoms with Crippen LogP contribution in [0.4, 0.5) is 0 Å². The van der Waals surface area contributed by atoms with Gasteiger partial charge in [0, 0.05) is 6.61 Å². The minimum absolute atomic E-state index is 0. The van der Waals surface area contributed by atoms with Crippen LogP contribution in [0.15, 0.2) is 0 Å². The molecule has 0 bridgehead atoms. The zero-order valence-corrected chi connectivity index (χ0v) is 6.95. The third-order valence-electron chi connectivity index (χ3n) is 0.763. The van der Waals surface area contributed by atoms with Gasteiger partial charge < -0.3 is 16.2 Å². The van der Waals surface area contributed by atoms with Gasteiger partial charge >= 0.3 is 0 Å². The number of nitrogens with zero attached hydrogens (tertiary/aromatic N) is 1. The number of aliphatic hydroxyl groups excluding tert-OH is 1. The lowest BCUT2D eigenvalue weighted by molar-refractivity contribution is 0.263. The van der Waals surface area contributed by atoms with Crippen LogP contribution in [0, 0.1) is 0 Å². The molecule has 0 atom stereocenters. The molecule has 0 rings (SSSR count). The van der Waals surface area contributed by atoms with Gasteiger partial charge in [-0.1, -0.05) is 0 Å². The van der Waals surface area contributed by atoms with Crippen molar-refractivity contribution in [3.05, 3.63) is 0 Å². The Hall–Kier alpha value is 0.170. The first-order valence-corrected chi connectivity index (χ1v) is 2.53. The second-order valence-corrected chi connectivity index (χ2v) is 1.88. The molecule has 0 heterocycles. The molecule has 0 fully saturated rings. The SMILES string of the molecule is CN(C)CCCO.Cl.N. The highest BCUT2D eigenvalue weighted by Crippen LogP contribution is 1.77. The molecule has 0 radical (unpaired) electrons. The van der Waals surface area contributed by atoms with Crippen LogP contribution in [0.3, 0.4) is 0 Å². The summed E-state index contributed by atoms with van der Waals surface area (Å²) >= 11 is 0. The van der Waals surface area contributed by atoms with E-state index in [9.17, 15) is 0 Å². The number of aliphatic hydroxyl groups is 1. The van der Waals surface area contributed by atoms with Gasteiger partial charge in [-0.2, -0.15) is 0 Å². The molecular formula is C5H17ClN2O. The predicted octanol–water partition coefficient (Wildman–Crippen LogP) is 0.514. The van der Waals surface area contributed by atoms with Crippen LogP contribution in [-0.2, 0) is 0 Å². The van der Waals surface area contributed by atoms with Gasteiger partial charge in [0.15, 0.2) is 0 Å². The third-order valence-corrected chi connectivity index (χ3v) is 0.763. The zero-order valence-electron chi connectivity index (χ0n) is 6.13. The van der Waals surface area contributed by atoms with E-state index in [1.54, 1.807) is 0 Å². The Labute approximate surface area is 63.0 Å². The Kier molecular flexibility index (Phi) is 19.7. The van der Waals surface area contributed by atoms with Crippen LogP contribution in [0.2, 0.25) is 0 Å². The molecule has 9 heavy (non-hydrogen) atoms. The molecule has 0 unspecified atom stereocenters. The average Bonchev–Trinajstić information content (AvgIpc) is 1.61. The molecule has 0 amide bonds. The predicted molar refractivity (Wildman–Crippen MR) is 42.5 cm³/mol. The molecule has 0 spiro atoms. The van der Waals surface area contributed by atoms with Crippen molar-refractivity contribution in [2.45, 2.75) is 6.42 Å². The maximum absolute atomic E-state index is 8.29. The van der Waals surface area contributed by atoms with Crippen molar-refractivity contribution < 1.29 is 5.11 Å². The van der Waals surface area contributed by atoms with E-state index >= 15 is 0 Å². The van der Waals surface area contributed by atoms with E-state index in [0.717, 1.165) is 13.0 Å². The van der Waals surface area contributed by atoms with Crippen LogP contribution in [-0.4, -0.2) is 37.3 Å². The molecule has 0 saturated carbocycles. The Bertz CT molecular complexity index is 43.9. The summed E-state index contributed by atoms with van der Waals surface area (Å²) in [5.41, 5.74) is 0. The summed E-state index contributed by atoms with van der Waals surface area (Å²) < 4.78 is 0. The van der Waals surface area contributed by atoms with Crippen LogP contribution >= 0.6 is 12.4 Å². The topological polar surface area (TPSA) is 58.5 Å². The van der Waals surface area contributed by atoms with Crippen LogP contribution < -0.4 is 6.15 Å². The van der Waals surface area contributed by atoms with E-state index in [0.29, 0.717) is 6.61 Å². The first-order valence-electron chi connectivity index (χ1n) is 2.53. The van der Waals surface area contributed by atoms with Gasteiger partial charge in [-0.05, 0) is 27.1 Å². The highest BCUT2D eigenvalue weighted by molar-refractivity contribution is 5.85. The molecule has 4 N–H and O–H groups in total. The maximum Gasteiger partial charge on any atom is 0.0443 e. The van der Waals surface area contributed by atoms with Crippen molar-refractivity contribution >= 4 is 12.4 Å². The molecule has 3 nitrogen and oxygen atoms in total. The Morgan fingerprint density at radius 1 is 1.33 bits per heavy atom. The van der Waals surface area contributed by atoms with Crippen molar-refractivity contribution in [1.29, 1.82) is 0 Å². The van der Waals surface area contributed by atoms with Crippen molar-refractivity contribution in [3.63, 3.8) is 0 Å². The number of hydrogen-bond donors (Lipinski definition) is 2. The van der Waals surface area contributed by atoms with Crippen molar-refractivity contribution in [2.75, 3.05) is 27.2 Å². The summed E-state index contributed by atoms with van der Waals surface area (Å²) in [7, 11) is 3.99. The maximum atomic E-state index is 8.29. The quantitative estimate of drug-likeness (QED) is 0.626. The van der Waals surface area contributed by atoms with E-state index in [4.69, 9.17) is 5.11 Å².